The fraction of sp³-hybridized carbons (Fsp3) is 0.615. The summed E-state index contributed by atoms with van der Waals surface area (Å²) in [6.45, 7) is 5.23. The monoisotopic (exact) mass is 298 g/mol. The molecule has 0 aliphatic carbocycles. The minimum absolute atomic E-state index is 0.252. The van der Waals surface area contributed by atoms with Gasteiger partial charge in [0.1, 0.15) is 0 Å². The Labute approximate surface area is 121 Å². The van der Waals surface area contributed by atoms with Crippen molar-refractivity contribution in [2.24, 2.45) is 0 Å². The van der Waals surface area contributed by atoms with Gasteiger partial charge in [-0.1, -0.05) is 26.7 Å². The Balaban J connectivity index is 2.61. The lowest BCUT2D eigenvalue weighted by Gasteiger charge is -2.06. The van der Waals surface area contributed by atoms with Gasteiger partial charge in [-0.25, -0.2) is 4.79 Å². The third kappa shape index (κ3) is 2.65. The maximum atomic E-state index is 12.0. The molecule has 0 saturated carbocycles. The summed E-state index contributed by atoms with van der Waals surface area (Å²) in [4.78, 5) is 30.5. The quantitative estimate of drug-likeness (QED) is 0.656. The topological polar surface area (TPSA) is 72.7 Å². The number of imidazole rings is 1. The Morgan fingerprint density at radius 2 is 1.85 bits per heavy atom. The molecule has 0 spiro atoms. The van der Waals surface area contributed by atoms with E-state index >= 15 is 0 Å². The van der Waals surface area contributed by atoms with Crippen LogP contribution in [0, 0.1) is 0 Å². The Morgan fingerprint density at radius 3 is 2.50 bits per heavy atom. The fourth-order valence-electron chi connectivity index (χ4n) is 2.30. The number of nitrogens with one attached hydrogen (secondary N) is 1. The Bertz CT molecular complexity index is 713. The first-order valence-corrected chi connectivity index (χ1v) is 7.36. The van der Waals surface area contributed by atoms with Crippen LogP contribution in [0.4, 0.5) is 0 Å². The summed E-state index contributed by atoms with van der Waals surface area (Å²) in [6, 6.07) is 0. The van der Waals surface area contributed by atoms with Gasteiger partial charge < -0.3 is 4.57 Å². The van der Waals surface area contributed by atoms with Crippen molar-refractivity contribution in [1.82, 2.24) is 19.1 Å². The van der Waals surface area contributed by atoms with Gasteiger partial charge in [0.15, 0.2) is 11.2 Å². The average molecular weight is 299 g/mol. The van der Waals surface area contributed by atoms with Gasteiger partial charge in [-0.15, -0.1) is 0 Å². The molecule has 0 amide bonds. The number of aromatic amines is 1. The van der Waals surface area contributed by atoms with Crippen LogP contribution in [0.15, 0.2) is 9.59 Å². The maximum absolute atomic E-state index is 12.0. The molecule has 2 heterocycles. The average Bonchev–Trinajstić information content (AvgIpc) is 2.72. The van der Waals surface area contributed by atoms with E-state index in [0.29, 0.717) is 24.3 Å². The van der Waals surface area contributed by atoms with Crippen molar-refractivity contribution >= 4 is 22.8 Å². The molecule has 0 bridgehead atoms. The second kappa shape index (κ2) is 6.26. The molecule has 20 heavy (non-hydrogen) atoms. The molecular weight excluding hydrogens is 280 g/mol. The normalized spacial score (nSPS) is 11.3. The van der Waals surface area contributed by atoms with Crippen LogP contribution in [0.1, 0.15) is 39.5 Å². The number of aromatic nitrogens is 4. The van der Waals surface area contributed by atoms with E-state index < -0.39 is 11.2 Å². The SMILES string of the molecule is CCCCCn1c(=O)[nH]c(=O)c2c1nc(Cl)n2CCC. The Morgan fingerprint density at radius 1 is 1.10 bits per heavy atom. The van der Waals surface area contributed by atoms with Gasteiger partial charge in [0.05, 0.1) is 0 Å². The van der Waals surface area contributed by atoms with Gasteiger partial charge in [-0.2, -0.15) is 4.98 Å². The van der Waals surface area contributed by atoms with Crippen molar-refractivity contribution in [2.75, 3.05) is 0 Å². The van der Waals surface area contributed by atoms with E-state index in [2.05, 4.69) is 16.9 Å². The van der Waals surface area contributed by atoms with E-state index in [0.717, 1.165) is 25.7 Å². The molecule has 0 aromatic carbocycles. The molecule has 0 fully saturated rings. The second-order valence-corrected chi connectivity index (χ2v) is 5.16. The lowest BCUT2D eigenvalue weighted by atomic mass is 10.2. The van der Waals surface area contributed by atoms with Crippen molar-refractivity contribution in [3.05, 3.63) is 26.1 Å². The van der Waals surface area contributed by atoms with E-state index in [1.807, 2.05) is 6.92 Å². The smallest absolute Gasteiger partial charge is 0.309 e. The lowest BCUT2D eigenvalue weighted by Crippen LogP contribution is -2.31. The van der Waals surface area contributed by atoms with Crippen molar-refractivity contribution in [2.45, 2.75) is 52.6 Å². The van der Waals surface area contributed by atoms with Crippen LogP contribution >= 0.6 is 11.6 Å². The highest BCUT2D eigenvalue weighted by Crippen LogP contribution is 2.16. The van der Waals surface area contributed by atoms with Crippen LogP contribution in [0.25, 0.3) is 11.2 Å². The summed E-state index contributed by atoms with van der Waals surface area (Å²) in [5, 5.41) is 0.252. The zero-order chi connectivity index (χ0) is 14.7. The van der Waals surface area contributed by atoms with Crippen molar-refractivity contribution in [3.8, 4) is 0 Å². The van der Waals surface area contributed by atoms with Crippen LogP contribution in [0.5, 0.6) is 0 Å². The zero-order valence-corrected chi connectivity index (χ0v) is 12.5. The summed E-state index contributed by atoms with van der Waals surface area (Å²) >= 11 is 6.09. The second-order valence-electron chi connectivity index (χ2n) is 4.82. The van der Waals surface area contributed by atoms with Gasteiger partial charge in [-0.05, 0) is 24.4 Å². The van der Waals surface area contributed by atoms with Crippen LogP contribution < -0.4 is 11.2 Å². The van der Waals surface area contributed by atoms with Crippen LogP contribution in [0.3, 0.4) is 0 Å². The number of rotatable bonds is 6. The van der Waals surface area contributed by atoms with Crippen molar-refractivity contribution in [1.29, 1.82) is 0 Å². The predicted octanol–water partition coefficient (Wildman–Crippen LogP) is 2.14. The summed E-state index contributed by atoms with van der Waals surface area (Å²) in [5.41, 5.74) is -0.0812. The highest BCUT2D eigenvalue weighted by molar-refractivity contribution is 6.29. The van der Waals surface area contributed by atoms with Gasteiger partial charge >= 0.3 is 5.69 Å². The highest BCUT2D eigenvalue weighted by Gasteiger charge is 2.16. The fourth-order valence-corrected chi connectivity index (χ4v) is 2.55. The minimum atomic E-state index is -0.426. The van der Waals surface area contributed by atoms with E-state index in [9.17, 15) is 9.59 Å². The number of halogens is 1. The standard InChI is InChI=1S/C13H19ClN4O2/c1-3-5-6-8-18-10-9(11(19)16-13(18)20)17(7-4-2)12(14)15-10/h3-8H2,1-2H3,(H,16,19,20). The lowest BCUT2D eigenvalue weighted by molar-refractivity contribution is 0.588. The molecule has 1 N–H and O–H groups in total. The molecule has 0 atom stereocenters. The number of nitrogens with zero attached hydrogens (tertiary/aromatic N) is 3. The third-order valence-corrected chi connectivity index (χ3v) is 3.56. The molecule has 0 unspecified atom stereocenters. The Hall–Kier alpha value is -1.56. The van der Waals surface area contributed by atoms with Crippen LogP contribution in [0.2, 0.25) is 5.28 Å². The number of hydrogen-bond donors (Lipinski definition) is 1. The van der Waals surface area contributed by atoms with E-state index in [1.165, 1.54) is 4.57 Å². The largest absolute Gasteiger partial charge is 0.330 e. The maximum Gasteiger partial charge on any atom is 0.330 e. The first-order chi connectivity index (χ1) is 9.60. The molecule has 0 radical (unpaired) electrons. The molecule has 2 aromatic heterocycles. The number of hydrogen-bond acceptors (Lipinski definition) is 3. The highest BCUT2D eigenvalue weighted by atomic mass is 35.5. The van der Waals surface area contributed by atoms with Crippen molar-refractivity contribution in [3.63, 3.8) is 0 Å². The number of aryl methyl sites for hydroxylation is 2. The predicted molar refractivity (Wildman–Crippen MR) is 79.4 cm³/mol. The summed E-state index contributed by atoms with van der Waals surface area (Å²) in [5.74, 6) is 0. The number of fused-ring (bicyclic) bond motifs is 1. The summed E-state index contributed by atoms with van der Waals surface area (Å²) < 4.78 is 3.16. The van der Waals surface area contributed by atoms with E-state index in [4.69, 9.17) is 11.6 Å². The minimum Gasteiger partial charge on any atom is -0.309 e. The molecular formula is C13H19ClN4O2. The van der Waals surface area contributed by atoms with Crippen molar-refractivity contribution < 1.29 is 0 Å². The zero-order valence-electron chi connectivity index (χ0n) is 11.8. The van der Waals surface area contributed by atoms with Crippen LogP contribution in [-0.4, -0.2) is 19.1 Å². The Kier molecular flexibility index (Phi) is 4.65. The molecule has 2 aromatic rings. The van der Waals surface area contributed by atoms with Gasteiger partial charge in [-0.3, -0.25) is 14.3 Å². The molecule has 110 valence electrons. The van der Waals surface area contributed by atoms with E-state index in [-0.39, 0.29) is 5.28 Å². The molecule has 0 saturated heterocycles. The molecule has 0 aliphatic rings. The number of H-pyrrole nitrogens is 1. The van der Waals surface area contributed by atoms with Gasteiger partial charge in [0, 0.05) is 13.1 Å². The first-order valence-electron chi connectivity index (χ1n) is 6.99. The molecule has 0 aliphatic heterocycles. The summed E-state index contributed by atoms with van der Waals surface area (Å²) in [7, 11) is 0. The number of unbranched alkanes of at least 4 members (excludes halogenated alkanes) is 2. The van der Waals surface area contributed by atoms with Gasteiger partial charge in [0.2, 0.25) is 5.28 Å². The summed E-state index contributed by atoms with van der Waals surface area (Å²) in [6.07, 6.45) is 3.79. The van der Waals surface area contributed by atoms with Gasteiger partial charge in [0.25, 0.3) is 5.56 Å². The molecule has 7 heteroatoms. The molecule has 6 nitrogen and oxygen atoms in total. The third-order valence-electron chi connectivity index (χ3n) is 3.27. The first kappa shape index (κ1) is 14.8. The van der Waals surface area contributed by atoms with E-state index in [1.54, 1.807) is 4.57 Å². The van der Waals surface area contributed by atoms with Crippen LogP contribution in [-0.2, 0) is 13.1 Å². The molecule has 2 rings (SSSR count).